The van der Waals surface area contributed by atoms with E-state index in [1.54, 1.807) is 0 Å². The molecule has 1 aliphatic heterocycles. The van der Waals surface area contributed by atoms with Gasteiger partial charge in [-0.15, -0.1) is 0 Å². The molecule has 0 saturated carbocycles. The van der Waals surface area contributed by atoms with Crippen molar-refractivity contribution < 1.29 is 9.32 Å². The van der Waals surface area contributed by atoms with E-state index in [9.17, 15) is 4.79 Å². The lowest BCUT2D eigenvalue weighted by atomic mass is 10.1. The first-order valence-corrected chi connectivity index (χ1v) is 9.25. The van der Waals surface area contributed by atoms with Crippen LogP contribution in [0, 0.1) is 20.8 Å². The number of aromatic nitrogens is 2. The maximum Gasteiger partial charge on any atom is 0.232 e. The Bertz CT molecular complexity index is 993. The van der Waals surface area contributed by atoms with Gasteiger partial charge in [0.2, 0.25) is 17.6 Å². The van der Waals surface area contributed by atoms with Crippen LogP contribution in [0.25, 0.3) is 11.4 Å². The largest absolute Gasteiger partial charge is 0.339 e. The Morgan fingerprint density at radius 3 is 2.74 bits per heavy atom. The summed E-state index contributed by atoms with van der Waals surface area (Å²) in [6, 6.07) is 14.4. The topological polar surface area (TPSA) is 59.2 Å². The minimum Gasteiger partial charge on any atom is -0.339 e. The van der Waals surface area contributed by atoms with Gasteiger partial charge in [-0.3, -0.25) is 4.79 Å². The maximum atomic E-state index is 12.5. The molecule has 1 aliphatic rings. The lowest BCUT2D eigenvalue weighted by molar-refractivity contribution is -0.128. The fraction of sp³-hybridized carbons (Fsp3) is 0.318. The molecule has 1 aromatic heterocycles. The third-order valence-electron chi connectivity index (χ3n) is 5.26. The lowest BCUT2D eigenvalue weighted by Crippen LogP contribution is -2.24. The molecule has 4 rings (SSSR count). The van der Waals surface area contributed by atoms with E-state index in [1.807, 2.05) is 30.9 Å². The highest BCUT2D eigenvalue weighted by Crippen LogP contribution is 2.30. The Kier molecular flexibility index (Phi) is 4.52. The van der Waals surface area contributed by atoms with Crippen molar-refractivity contribution in [1.29, 1.82) is 0 Å². The number of amides is 1. The van der Waals surface area contributed by atoms with Crippen molar-refractivity contribution in [3.8, 4) is 11.4 Å². The number of hydrogen-bond acceptors (Lipinski definition) is 4. The lowest BCUT2D eigenvalue weighted by Gasteiger charge is -2.17. The zero-order valence-corrected chi connectivity index (χ0v) is 15.9. The van der Waals surface area contributed by atoms with Gasteiger partial charge in [-0.25, -0.2) is 0 Å². The number of rotatable bonds is 4. The molecular formula is C22H23N3O2. The van der Waals surface area contributed by atoms with E-state index < -0.39 is 0 Å². The van der Waals surface area contributed by atoms with Crippen LogP contribution in [0.3, 0.4) is 0 Å². The summed E-state index contributed by atoms with van der Waals surface area (Å²) >= 11 is 0. The number of carbonyl (C=O) groups is 1. The smallest absolute Gasteiger partial charge is 0.232 e. The SMILES string of the molecule is Cc1ccc(C)c(-c2noc(C3CC(=O)N(Cc4ccccc4C)C3)n2)c1. The maximum absolute atomic E-state index is 12.5. The second-order valence-electron chi connectivity index (χ2n) is 7.38. The Labute approximate surface area is 159 Å². The standard InChI is InChI=1S/C22H23N3O2/c1-14-8-9-16(3)19(10-14)21-23-22(27-24-21)18-11-20(26)25(13-18)12-17-7-5-4-6-15(17)2/h4-10,18H,11-13H2,1-3H3. The molecule has 3 aromatic rings. The van der Waals surface area contributed by atoms with Crippen molar-refractivity contribution in [2.75, 3.05) is 6.54 Å². The van der Waals surface area contributed by atoms with E-state index in [1.165, 1.54) is 11.1 Å². The van der Waals surface area contributed by atoms with Gasteiger partial charge >= 0.3 is 0 Å². The van der Waals surface area contributed by atoms with Crippen LogP contribution < -0.4 is 0 Å². The molecule has 0 spiro atoms. The normalized spacial score (nSPS) is 16.9. The van der Waals surface area contributed by atoms with Gasteiger partial charge in [-0.1, -0.05) is 47.1 Å². The molecule has 0 radical (unpaired) electrons. The van der Waals surface area contributed by atoms with Crippen molar-refractivity contribution in [3.05, 3.63) is 70.6 Å². The van der Waals surface area contributed by atoms with Gasteiger partial charge in [0.15, 0.2) is 0 Å². The summed E-state index contributed by atoms with van der Waals surface area (Å²) in [6.45, 7) is 7.39. The zero-order chi connectivity index (χ0) is 19.0. The van der Waals surface area contributed by atoms with Crippen LogP contribution in [0.4, 0.5) is 0 Å². The van der Waals surface area contributed by atoms with Crippen LogP contribution in [0.2, 0.25) is 0 Å². The summed E-state index contributed by atoms with van der Waals surface area (Å²) in [4.78, 5) is 19.0. The molecule has 0 aliphatic carbocycles. The third-order valence-corrected chi connectivity index (χ3v) is 5.26. The highest BCUT2D eigenvalue weighted by Gasteiger charge is 2.34. The first-order valence-electron chi connectivity index (χ1n) is 9.25. The van der Waals surface area contributed by atoms with Crippen LogP contribution in [0.1, 0.15) is 40.5 Å². The first-order chi connectivity index (χ1) is 13.0. The van der Waals surface area contributed by atoms with Crippen molar-refractivity contribution in [2.45, 2.75) is 39.7 Å². The van der Waals surface area contributed by atoms with Gasteiger partial charge in [-0.05, 0) is 43.5 Å². The number of carbonyl (C=O) groups excluding carboxylic acids is 1. The molecule has 27 heavy (non-hydrogen) atoms. The van der Waals surface area contributed by atoms with Gasteiger partial charge < -0.3 is 9.42 Å². The number of hydrogen-bond donors (Lipinski definition) is 0. The second kappa shape index (κ2) is 6.99. The van der Waals surface area contributed by atoms with Crippen molar-refractivity contribution in [1.82, 2.24) is 15.0 Å². The Morgan fingerprint density at radius 2 is 1.93 bits per heavy atom. The fourth-order valence-electron chi connectivity index (χ4n) is 3.57. The minimum absolute atomic E-state index is 0.0483. The average molecular weight is 361 g/mol. The summed E-state index contributed by atoms with van der Waals surface area (Å²) in [6.07, 6.45) is 0.417. The molecule has 138 valence electrons. The summed E-state index contributed by atoms with van der Waals surface area (Å²) in [5.74, 6) is 1.23. The molecule has 2 aromatic carbocycles. The first kappa shape index (κ1) is 17.5. The molecule has 0 N–H and O–H groups in total. The van der Waals surface area contributed by atoms with E-state index in [0.717, 1.165) is 16.7 Å². The summed E-state index contributed by atoms with van der Waals surface area (Å²) in [7, 11) is 0. The average Bonchev–Trinajstić information content (AvgIpc) is 3.26. The molecule has 1 atom stereocenters. The van der Waals surface area contributed by atoms with Crippen LogP contribution in [0.5, 0.6) is 0 Å². The molecule has 1 amide bonds. The molecule has 1 saturated heterocycles. The molecule has 2 heterocycles. The summed E-state index contributed by atoms with van der Waals surface area (Å²) < 4.78 is 5.53. The Hall–Kier alpha value is -2.95. The summed E-state index contributed by atoms with van der Waals surface area (Å²) in [5, 5.41) is 4.17. The van der Waals surface area contributed by atoms with Crippen LogP contribution in [-0.4, -0.2) is 27.5 Å². The minimum atomic E-state index is -0.0483. The monoisotopic (exact) mass is 361 g/mol. The van der Waals surface area contributed by atoms with E-state index in [2.05, 4.69) is 47.4 Å². The molecular weight excluding hydrogens is 338 g/mol. The quantitative estimate of drug-likeness (QED) is 0.699. The zero-order valence-electron chi connectivity index (χ0n) is 15.9. The van der Waals surface area contributed by atoms with Gasteiger partial charge in [0.05, 0.1) is 5.92 Å². The van der Waals surface area contributed by atoms with Crippen molar-refractivity contribution in [2.24, 2.45) is 0 Å². The fourth-order valence-corrected chi connectivity index (χ4v) is 3.57. The van der Waals surface area contributed by atoms with Crippen LogP contribution >= 0.6 is 0 Å². The van der Waals surface area contributed by atoms with Crippen LogP contribution in [0.15, 0.2) is 47.0 Å². The van der Waals surface area contributed by atoms with Crippen LogP contribution in [-0.2, 0) is 11.3 Å². The Morgan fingerprint density at radius 1 is 1.11 bits per heavy atom. The van der Waals surface area contributed by atoms with E-state index in [-0.39, 0.29) is 11.8 Å². The van der Waals surface area contributed by atoms with Crippen molar-refractivity contribution >= 4 is 5.91 Å². The number of aryl methyl sites for hydroxylation is 3. The predicted octanol–water partition coefficient (Wildman–Crippen LogP) is 4.18. The van der Waals surface area contributed by atoms with Gasteiger partial charge in [-0.2, -0.15) is 4.98 Å². The van der Waals surface area contributed by atoms with E-state index in [4.69, 9.17) is 4.52 Å². The number of likely N-dealkylation sites (tertiary alicyclic amines) is 1. The molecule has 1 unspecified atom stereocenters. The third kappa shape index (κ3) is 3.50. The predicted molar refractivity (Wildman–Crippen MR) is 103 cm³/mol. The van der Waals surface area contributed by atoms with E-state index >= 15 is 0 Å². The summed E-state index contributed by atoms with van der Waals surface area (Å²) in [5.41, 5.74) is 5.61. The molecule has 1 fully saturated rings. The Balaban J connectivity index is 1.52. The number of nitrogens with zero attached hydrogens (tertiary/aromatic N) is 3. The highest BCUT2D eigenvalue weighted by molar-refractivity contribution is 5.79. The molecule has 0 bridgehead atoms. The van der Waals surface area contributed by atoms with Gasteiger partial charge in [0.25, 0.3) is 0 Å². The van der Waals surface area contributed by atoms with Gasteiger partial charge in [0.1, 0.15) is 0 Å². The van der Waals surface area contributed by atoms with Gasteiger partial charge in [0, 0.05) is 25.1 Å². The molecule has 5 heteroatoms. The van der Waals surface area contributed by atoms with E-state index in [0.29, 0.717) is 31.2 Å². The molecule has 5 nitrogen and oxygen atoms in total. The highest BCUT2D eigenvalue weighted by atomic mass is 16.5. The van der Waals surface area contributed by atoms with Crippen molar-refractivity contribution in [3.63, 3.8) is 0 Å². The number of benzene rings is 2. The second-order valence-corrected chi connectivity index (χ2v) is 7.38.